The van der Waals surface area contributed by atoms with Gasteiger partial charge in [-0.25, -0.2) is 4.98 Å². The first-order valence-corrected chi connectivity index (χ1v) is 10.4. The molecule has 154 valence electrons. The molecule has 0 saturated carbocycles. The number of aromatic nitrogens is 1. The van der Waals surface area contributed by atoms with Crippen molar-refractivity contribution in [2.75, 3.05) is 36.5 Å². The van der Waals surface area contributed by atoms with Crippen LogP contribution in [-0.2, 0) is 4.74 Å². The van der Waals surface area contributed by atoms with Gasteiger partial charge in [-0.1, -0.05) is 23.7 Å². The van der Waals surface area contributed by atoms with Gasteiger partial charge in [0.2, 0.25) is 0 Å². The standard InChI is InChI=1S/C20H17ClN4O4S/c21-14-3-1-13(2-4-14)17-12-30-20(22-17)23-19(26)16-11-15(25(27)28)5-6-18(16)24-7-9-29-10-8-24/h1-6,11-12H,7-10H2,(H,22,23,26). The fourth-order valence-corrected chi connectivity index (χ4v) is 3.99. The maximum Gasteiger partial charge on any atom is 0.270 e. The number of hydrogen-bond donors (Lipinski definition) is 1. The van der Waals surface area contributed by atoms with E-state index in [1.54, 1.807) is 18.2 Å². The second-order valence-corrected chi connectivity index (χ2v) is 7.85. The first-order valence-electron chi connectivity index (χ1n) is 9.15. The minimum absolute atomic E-state index is 0.141. The first kappa shape index (κ1) is 20.3. The Hall–Kier alpha value is -3.01. The normalized spacial score (nSPS) is 13.8. The van der Waals surface area contributed by atoms with Crippen molar-refractivity contribution < 1.29 is 14.5 Å². The second kappa shape index (κ2) is 8.78. The number of thiazole rings is 1. The smallest absolute Gasteiger partial charge is 0.270 e. The van der Waals surface area contributed by atoms with Gasteiger partial charge in [0, 0.05) is 41.2 Å². The van der Waals surface area contributed by atoms with E-state index in [9.17, 15) is 14.9 Å². The van der Waals surface area contributed by atoms with Crippen molar-refractivity contribution in [2.24, 2.45) is 0 Å². The molecule has 1 aromatic heterocycles. The molecule has 0 radical (unpaired) electrons. The third kappa shape index (κ3) is 4.43. The largest absolute Gasteiger partial charge is 0.378 e. The summed E-state index contributed by atoms with van der Waals surface area (Å²) in [6.07, 6.45) is 0. The summed E-state index contributed by atoms with van der Waals surface area (Å²) in [5, 5.41) is 16.9. The van der Waals surface area contributed by atoms with Crippen LogP contribution in [0.3, 0.4) is 0 Å². The molecule has 1 amide bonds. The van der Waals surface area contributed by atoms with E-state index in [-0.39, 0.29) is 11.3 Å². The van der Waals surface area contributed by atoms with Crippen LogP contribution < -0.4 is 10.2 Å². The predicted molar refractivity (Wildman–Crippen MR) is 117 cm³/mol. The molecule has 0 atom stereocenters. The molecule has 1 N–H and O–H groups in total. The van der Waals surface area contributed by atoms with E-state index in [1.165, 1.54) is 23.5 Å². The molecule has 1 aliphatic heterocycles. The van der Waals surface area contributed by atoms with E-state index >= 15 is 0 Å². The highest BCUT2D eigenvalue weighted by Gasteiger charge is 2.23. The molecule has 0 bridgehead atoms. The SMILES string of the molecule is O=C(Nc1nc(-c2ccc(Cl)cc2)cs1)c1cc([N+](=O)[O-])ccc1N1CCOCC1. The Labute approximate surface area is 181 Å². The third-order valence-corrected chi connectivity index (χ3v) is 5.66. The zero-order chi connectivity index (χ0) is 21.1. The Morgan fingerprint density at radius 1 is 1.20 bits per heavy atom. The number of nitro groups is 1. The second-order valence-electron chi connectivity index (χ2n) is 6.56. The highest BCUT2D eigenvalue weighted by atomic mass is 35.5. The zero-order valence-corrected chi connectivity index (χ0v) is 17.3. The summed E-state index contributed by atoms with van der Waals surface area (Å²) in [6, 6.07) is 11.6. The van der Waals surface area contributed by atoms with E-state index in [1.807, 2.05) is 22.4 Å². The summed E-state index contributed by atoms with van der Waals surface area (Å²) in [5.41, 5.74) is 2.31. The van der Waals surface area contributed by atoms with E-state index < -0.39 is 10.8 Å². The number of carbonyl (C=O) groups is 1. The Morgan fingerprint density at radius 3 is 2.63 bits per heavy atom. The monoisotopic (exact) mass is 444 g/mol. The first-order chi connectivity index (χ1) is 14.5. The molecule has 3 aromatic rings. The molecule has 1 saturated heterocycles. The van der Waals surface area contributed by atoms with E-state index in [0.717, 1.165) is 5.56 Å². The van der Waals surface area contributed by atoms with Gasteiger partial charge in [0.1, 0.15) is 0 Å². The number of rotatable bonds is 5. The maximum atomic E-state index is 13.0. The minimum Gasteiger partial charge on any atom is -0.378 e. The summed E-state index contributed by atoms with van der Waals surface area (Å²) in [4.78, 5) is 30.2. The maximum absolute atomic E-state index is 13.0. The lowest BCUT2D eigenvalue weighted by molar-refractivity contribution is -0.384. The van der Waals surface area contributed by atoms with Crippen molar-refractivity contribution in [1.82, 2.24) is 4.98 Å². The number of nitro benzene ring substituents is 1. The number of amides is 1. The number of benzene rings is 2. The molecular formula is C20H17ClN4O4S. The van der Waals surface area contributed by atoms with Crippen molar-refractivity contribution in [1.29, 1.82) is 0 Å². The van der Waals surface area contributed by atoms with Crippen molar-refractivity contribution in [2.45, 2.75) is 0 Å². The molecule has 8 nitrogen and oxygen atoms in total. The van der Waals surface area contributed by atoms with Crippen LogP contribution in [0, 0.1) is 10.1 Å². The molecule has 10 heteroatoms. The summed E-state index contributed by atoms with van der Waals surface area (Å²) in [7, 11) is 0. The summed E-state index contributed by atoms with van der Waals surface area (Å²) < 4.78 is 5.36. The quantitative estimate of drug-likeness (QED) is 0.461. The summed E-state index contributed by atoms with van der Waals surface area (Å²) in [5.74, 6) is -0.447. The molecule has 4 rings (SSSR count). The van der Waals surface area contributed by atoms with Gasteiger partial charge in [-0.05, 0) is 18.2 Å². The van der Waals surface area contributed by atoms with Crippen molar-refractivity contribution in [3.8, 4) is 11.3 Å². The number of ether oxygens (including phenoxy) is 1. The number of halogens is 1. The Bertz CT molecular complexity index is 1080. The fourth-order valence-electron chi connectivity index (χ4n) is 3.15. The van der Waals surface area contributed by atoms with Gasteiger partial charge < -0.3 is 9.64 Å². The van der Waals surface area contributed by atoms with Gasteiger partial charge in [0.15, 0.2) is 5.13 Å². The molecular weight excluding hydrogens is 428 g/mol. The molecule has 0 unspecified atom stereocenters. The van der Waals surface area contributed by atoms with Gasteiger partial charge in [0.25, 0.3) is 11.6 Å². The predicted octanol–water partition coefficient (Wildman–Crippen LogP) is 4.46. The Balaban J connectivity index is 1.60. The average Bonchev–Trinajstić information content (AvgIpc) is 3.22. The van der Waals surface area contributed by atoms with E-state index in [0.29, 0.717) is 47.8 Å². The van der Waals surface area contributed by atoms with Gasteiger partial charge in [-0.15, -0.1) is 11.3 Å². The Morgan fingerprint density at radius 2 is 1.93 bits per heavy atom. The van der Waals surface area contributed by atoms with Crippen molar-refractivity contribution >= 4 is 45.4 Å². The molecule has 0 aliphatic carbocycles. The molecule has 0 spiro atoms. The van der Waals surface area contributed by atoms with Gasteiger partial charge in [0.05, 0.1) is 35.1 Å². The van der Waals surface area contributed by atoms with Gasteiger partial charge in [-0.2, -0.15) is 0 Å². The van der Waals surface area contributed by atoms with Crippen LogP contribution in [0.15, 0.2) is 47.8 Å². The van der Waals surface area contributed by atoms with Gasteiger partial charge >= 0.3 is 0 Å². The van der Waals surface area contributed by atoms with Crippen LogP contribution in [0.2, 0.25) is 5.02 Å². The molecule has 2 heterocycles. The summed E-state index contributed by atoms with van der Waals surface area (Å²) >= 11 is 7.20. The number of hydrogen-bond acceptors (Lipinski definition) is 7. The number of carbonyl (C=O) groups excluding carboxylic acids is 1. The molecule has 1 aliphatic rings. The highest BCUT2D eigenvalue weighted by molar-refractivity contribution is 7.14. The number of non-ortho nitro benzene ring substituents is 1. The topological polar surface area (TPSA) is 97.6 Å². The average molecular weight is 445 g/mol. The van der Waals surface area contributed by atoms with Crippen LogP contribution in [0.25, 0.3) is 11.3 Å². The number of anilines is 2. The molecule has 1 fully saturated rings. The summed E-state index contributed by atoms with van der Waals surface area (Å²) in [6.45, 7) is 2.29. The highest BCUT2D eigenvalue weighted by Crippen LogP contribution is 2.29. The zero-order valence-electron chi connectivity index (χ0n) is 15.7. The van der Waals surface area contributed by atoms with E-state index in [2.05, 4.69) is 10.3 Å². The van der Waals surface area contributed by atoms with Crippen LogP contribution >= 0.6 is 22.9 Å². The fraction of sp³-hybridized carbons (Fsp3) is 0.200. The number of nitrogens with one attached hydrogen (secondary N) is 1. The number of morpholine rings is 1. The molecule has 2 aromatic carbocycles. The van der Waals surface area contributed by atoms with Crippen LogP contribution in [0.5, 0.6) is 0 Å². The number of nitrogens with zero attached hydrogens (tertiary/aromatic N) is 3. The van der Waals surface area contributed by atoms with Crippen LogP contribution in [-0.4, -0.2) is 42.1 Å². The van der Waals surface area contributed by atoms with Crippen molar-refractivity contribution in [3.05, 3.63) is 68.5 Å². The lowest BCUT2D eigenvalue weighted by Gasteiger charge is -2.30. The van der Waals surface area contributed by atoms with Gasteiger partial charge in [-0.3, -0.25) is 20.2 Å². The van der Waals surface area contributed by atoms with Crippen molar-refractivity contribution in [3.63, 3.8) is 0 Å². The molecule has 30 heavy (non-hydrogen) atoms. The third-order valence-electron chi connectivity index (χ3n) is 4.65. The lowest BCUT2D eigenvalue weighted by Crippen LogP contribution is -2.37. The van der Waals surface area contributed by atoms with Crippen LogP contribution in [0.4, 0.5) is 16.5 Å². The minimum atomic E-state index is -0.512. The lowest BCUT2D eigenvalue weighted by atomic mass is 10.1. The van der Waals surface area contributed by atoms with E-state index in [4.69, 9.17) is 16.3 Å². The Kier molecular flexibility index (Phi) is 5.93. The van der Waals surface area contributed by atoms with Crippen LogP contribution in [0.1, 0.15) is 10.4 Å².